The van der Waals surface area contributed by atoms with Crippen LogP contribution in [-0.2, 0) is 6.18 Å². The lowest BCUT2D eigenvalue weighted by Crippen LogP contribution is -2.28. The topological polar surface area (TPSA) is 46.2 Å². The van der Waals surface area contributed by atoms with Crippen molar-refractivity contribution in [2.24, 2.45) is 5.73 Å². The van der Waals surface area contributed by atoms with E-state index in [1.165, 1.54) is 18.2 Å². The highest BCUT2D eigenvalue weighted by Crippen LogP contribution is 2.34. The molecule has 0 amide bonds. The first kappa shape index (κ1) is 16.2. The van der Waals surface area contributed by atoms with Crippen LogP contribution in [-0.4, -0.2) is 11.2 Å². The van der Waals surface area contributed by atoms with Gasteiger partial charge in [0.1, 0.15) is 0 Å². The minimum atomic E-state index is -4.44. The molecule has 0 fully saturated rings. The lowest BCUT2D eigenvalue weighted by atomic mass is 9.95. The van der Waals surface area contributed by atoms with Crippen molar-refractivity contribution < 1.29 is 18.3 Å². The van der Waals surface area contributed by atoms with Crippen molar-refractivity contribution in [3.63, 3.8) is 0 Å². The number of hydrogen-bond donors (Lipinski definition) is 2. The zero-order chi connectivity index (χ0) is 12.3. The van der Waals surface area contributed by atoms with Crippen LogP contribution in [0.15, 0.2) is 24.3 Å². The van der Waals surface area contributed by atoms with Gasteiger partial charge in [-0.15, -0.1) is 12.4 Å². The van der Waals surface area contributed by atoms with Gasteiger partial charge in [0.15, 0.2) is 0 Å². The van der Waals surface area contributed by atoms with Crippen LogP contribution in [0.3, 0.4) is 0 Å². The Bertz CT molecular complexity index is 357. The number of aliphatic hydroxyl groups is 1. The summed E-state index contributed by atoms with van der Waals surface area (Å²) in [6.07, 6.45) is -5.10. The first-order valence-electron chi connectivity index (χ1n) is 4.97. The van der Waals surface area contributed by atoms with E-state index in [1.54, 1.807) is 6.92 Å². The van der Waals surface area contributed by atoms with E-state index in [9.17, 15) is 18.3 Å². The largest absolute Gasteiger partial charge is 0.416 e. The second-order valence-electron chi connectivity index (χ2n) is 3.59. The maximum atomic E-state index is 12.6. The lowest BCUT2D eigenvalue weighted by molar-refractivity contribution is -0.138. The van der Waals surface area contributed by atoms with Gasteiger partial charge >= 0.3 is 6.18 Å². The van der Waals surface area contributed by atoms with Crippen molar-refractivity contribution in [2.75, 3.05) is 0 Å². The number of aliphatic hydroxyl groups excluding tert-OH is 1. The van der Waals surface area contributed by atoms with E-state index in [0.29, 0.717) is 6.42 Å². The van der Waals surface area contributed by atoms with Crippen LogP contribution in [0, 0.1) is 0 Å². The first-order chi connectivity index (χ1) is 7.38. The Hall–Kier alpha value is -0.780. The summed E-state index contributed by atoms with van der Waals surface area (Å²) in [7, 11) is 0. The van der Waals surface area contributed by atoms with E-state index >= 15 is 0 Å². The normalized spacial score (nSPS) is 14.9. The third kappa shape index (κ3) is 3.87. The summed E-state index contributed by atoms with van der Waals surface area (Å²) < 4.78 is 37.9. The number of nitrogens with two attached hydrogens (primary N) is 1. The van der Waals surface area contributed by atoms with Crippen LogP contribution in [0.5, 0.6) is 0 Å². The summed E-state index contributed by atoms with van der Waals surface area (Å²) in [5, 5.41) is 9.48. The Morgan fingerprint density at radius 2 is 1.82 bits per heavy atom. The average molecular weight is 270 g/mol. The Balaban J connectivity index is 0.00000256. The van der Waals surface area contributed by atoms with Gasteiger partial charge < -0.3 is 10.8 Å². The Kier molecular flexibility index (Phi) is 5.95. The van der Waals surface area contributed by atoms with Gasteiger partial charge in [0.25, 0.3) is 0 Å². The van der Waals surface area contributed by atoms with Crippen molar-refractivity contribution in [2.45, 2.75) is 31.7 Å². The molecule has 0 radical (unpaired) electrons. The molecule has 17 heavy (non-hydrogen) atoms. The van der Waals surface area contributed by atoms with E-state index in [2.05, 4.69) is 0 Å². The molecule has 0 saturated heterocycles. The summed E-state index contributed by atoms with van der Waals surface area (Å²) in [4.78, 5) is 0. The first-order valence-corrected chi connectivity index (χ1v) is 4.97. The van der Waals surface area contributed by atoms with Crippen molar-refractivity contribution in [3.05, 3.63) is 35.4 Å². The predicted octanol–water partition coefficient (Wildman–Crippen LogP) is 2.90. The number of hydrogen-bond acceptors (Lipinski definition) is 2. The van der Waals surface area contributed by atoms with Crippen molar-refractivity contribution in [1.82, 2.24) is 0 Å². The molecule has 1 aromatic carbocycles. The fourth-order valence-corrected chi connectivity index (χ4v) is 1.51. The molecule has 0 aliphatic rings. The zero-order valence-corrected chi connectivity index (χ0v) is 10.1. The fraction of sp³-hybridized carbons (Fsp3) is 0.455. The Morgan fingerprint density at radius 1 is 1.29 bits per heavy atom. The summed E-state index contributed by atoms with van der Waals surface area (Å²) in [5.41, 5.74) is 4.75. The smallest absolute Gasteiger partial charge is 0.391 e. The van der Waals surface area contributed by atoms with Crippen LogP contribution >= 0.6 is 12.4 Å². The summed E-state index contributed by atoms with van der Waals surface area (Å²) >= 11 is 0. The minimum Gasteiger partial charge on any atom is -0.391 e. The van der Waals surface area contributed by atoms with Gasteiger partial charge in [0.2, 0.25) is 0 Å². The molecule has 98 valence electrons. The van der Waals surface area contributed by atoms with Gasteiger partial charge in [0, 0.05) is 0 Å². The molecule has 0 heterocycles. The van der Waals surface area contributed by atoms with Crippen LogP contribution in [0.2, 0.25) is 0 Å². The van der Waals surface area contributed by atoms with Crippen molar-refractivity contribution in [3.8, 4) is 0 Å². The molecule has 0 aliphatic carbocycles. The van der Waals surface area contributed by atoms with Crippen molar-refractivity contribution in [1.29, 1.82) is 0 Å². The molecule has 3 N–H and O–H groups in total. The number of rotatable bonds is 3. The highest BCUT2D eigenvalue weighted by molar-refractivity contribution is 5.85. The van der Waals surface area contributed by atoms with Crippen LogP contribution < -0.4 is 5.73 Å². The standard InChI is InChI=1S/C11H14F3NO.ClH/c1-2-9(16)10(15)7-5-3-4-6-8(7)11(12,13)14;/h3-6,9-10,16H,2,15H2,1H3;1H/t9-,10+;/m1./s1. The van der Waals surface area contributed by atoms with Gasteiger partial charge in [-0.1, -0.05) is 25.1 Å². The second-order valence-corrected chi connectivity index (χ2v) is 3.59. The molecule has 0 spiro atoms. The number of halogens is 4. The van der Waals surface area contributed by atoms with E-state index < -0.39 is 23.9 Å². The van der Waals surface area contributed by atoms with Gasteiger partial charge in [-0.05, 0) is 18.1 Å². The van der Waals surface area contributed by atoms with E-state index in [0.717, 1.165) is 6.07 Å². The maximum absolute atomic E-state index is 12.6. The molecule has 0 bridgehead atoms. The third-order valence-corrected chi connectivity index (χ3v) is 2.46. The van der Waals surface area contributed by atoms with Gasteiger partial charge in [-0.3, -0.25) is 0 Å². The molecule has 0 aromatic heterocycles. The third-order valence-electron chi connectivity index (χ3n) is 2.46. The Labute approximate surface area is 104 Å². The zero-order valence-electron chi connectivity index (χ0n) is 9.24. The monoisotopic (exact) mass is 269 g/mol. The molecular formula is C11H15ClF3NO. The average Bonchev–Trinajstić information content (AvgIpc) is 2.26. The highest BCUT2D eigenvalue weighted by atomic mass is 35.5. The SMILES string of the molecule is CC[C@@H](O)[C@@H](N)c1ccccc1C(F)(F)F.Cl. The Morgan fingerprint density at radius 3 is 2.29 bits per heavy atom. The maximum Gasteiger partial charge on any atom is 0.416 e. The van der Waals surface area contributed by atoms with E-state index in [1.807, 2.05) is 0 Å². The van der Waals surface area contributed by atoms with E-state index in [-0.39, 0.29) is 18.0 Å². The summed E-state index contributed by atoms with van der Waals surface area (Å²) in [6.45, 7) is 1.67. The van der Waals surface area contributed by atoms with Gasteiger partial charge in [-0.25, -0.2) is 0 Å². The number of alkyl halides is 3. The molecule has 1 aromatic rings. The molecule has 2 nitrogen and oxygen atoms in total. The predicted molar refractivity (Wildman–Crippen MR) is 61.9 cm³/mol. The molecule has 2 atom stereocenters. The molecule has 0 aliphatic heterocycles. The summed E-state index contributed by atoms with van der Waals surface area (Å²) in [6, 6.07) is 4.04. The minimum absolute atomic E-state index is 0. The summed E-state index contributed by atoms with van der Waals surface area (Å²) in [5.74, 6) is 0. The number of benzene rings is 1. The molecule has 0 unspecified atom stereocenters. The second kappa shape index (κ2) is 6.23. The van der Waals surface area contributed by atoms with Crippen LogP contribution in [0.4, 0.5) is 13.2 Å². The highest BCUT2D eigenvalue weighted by Gasteiger charge is 2.35. The van der Waals surface area contributed by atoms with Gasteiger partial charge in [0.05, 0.1) is 17.7 Å². The van der Waals surface area contributed by atoms with E-state index in [4.69, 9.17) is 5.73 Å². The van der Waals surface area contributed by atoms with Crippen molar-refractivity contribution >= 4 is 12.4 Å². The van der Waals surface area contributed by atoms with Gasteiger partial charge in [-0.2, -0.15) is 13.2 Å². The molecule has 0 saturated carbocycles. The van der Waals surface area contributed by atoms with Crippen LogP contribution in [0.25, 0.3) is 0 Å². The quantitative estimate of drug-likeness (QED) is 0.886. The fourth-order valence-electron chi connectivity index (χ4n) is 1.51. The molecule has 1 rings (SSSR count). The lowest BCUT2D eigenvalue weighted by Gasteiger charge is -2.21. The molecular weight excluding hydrogens is 255 g/mol. The molecule has 6 heteroatoms. The van der Waals surface area contributed by atoms with Crippen LogP contribution in [0.1, 0.15) is 30.5 Å².